The number of esters is 1. The van der Waals surface area contributed by atoms with Gasteiger partial charge in [0.1, 0.15) is 11.5 Å². The van der Waals surface area contributed by atoms with Gasteiger partial charge in [-0.3, -0.25) is 4.79 Å². The minimum absolute atomic E-state index is 0.0288. The molecule has 2 aromatic carbocycles. The number of Topliss-reactive ketones (excluding diaryl/α,β-unsaturated/α-hetero) is 1. The molecule has 2 aromatic rings. The third kappa shape index (κ3) is 15.8. The Balaban J connectivity index is -0.000000720. The highest BCUT2D eigenvalue weighted by atomic mass is 16.5. The Morgan fingerprint density at radius 1 is 0.629 bits per heavy atom. The summed E-state index contributed by atoms with van der Waals surface area (Å²) in [6.45, 7) is 25.6. The zero-order chi connectivity index (χ0) is 28.1. The summed E-state index contributed by atoms with van der Waals surface area (Å²) >= 11 is 0. The lowest BCUT2D eigenvalue weighted by Crippen LogP contribution is -2.11. The van der Waals surface area contributed by atoms with E-state index < -0.39 is 5.97 Å². The third-order valence-electron chi connectivity index (χ3n) is 3.79. The molecule has 0 aromatic heterocycles. The fourth-order valence-electron chi connectivity index (χ4n) is 2.54. The van der Waals surface area contributed by atoms with E-state index in [0.717, 1.165) is 11.1 Å². The molecule has 4 heteroatoms. The first-order chi connectivity index (χ1) is 16.4. The molecular weight excluding hydrogens is 436 g/mol. The Morgan fingerprint density at radius 2 is 0.914 bits per heavy atom. The van der Waals surface area contributed by atoms with Crippen molar-refractivity contribution in [2.24, 2.45) is 0 Å². The highest BCUT2D eigenvalue weighted by molar-refractivity contribution is 5.95. The normalized spacial score (nSPS) is 8.94. The quantitative estimate of drug-likeness (QED) is 0.265. The van der Waals surface area contributed by atoms with E-state index in [0.29, 0.717) is 28.0 Å². The van der Waals surface area contributed by atoms with Crippen LogP contribution in [0.5, 0.6) is 11.5 Å². The van der Waals surface area contributed by atoms with E-state index in [1.807, 2.05) is 0 Å². The minimum Gasteiger partial charge on any atom is -0.507 e. The molecule has 0 aliphatic rings. The molecule has 0 radical (unpaired) electrons. The SMILES string of the molecule is CC(=O)c1cc(C)c(OC(=O)c2cc(C)c(O)c(C)c2)c(C)c1.CCC.CCC.CCC.CCC. The fourth-order valence-corrected chi connectivity index (χ4v) is 2.54. The molecule has 0 heterocycles. The molecule has 0 unspecified atom stereocenters. The minimum atomic E-state index is -0.488. The van der Waals surface area contributed by atoms with Gasteiger partial charge in [0.15, 0.2) is 5.78 Å². The number of phenolic OH excluding ortho intramolecular Hbond substituents is 1. The lowest BCUT2D eigenvalue weighted by Gasteiger charge is -2.13. The largest absolute Gasteiger partial charge is 0.507 e. The van der Waals surface area contributed by atoms with Crippen molar-refractivity contribution in [2.45, 2.75) is 116 Å². The Kier molecular flexibility index (Phi) is 23.1. The maximum atomic E-state index is 12.4. The number of benzene rings is 2. The maximum absolute atomic E-state index is 12.4. The summed E-state index contributed by atoms with van der Waals surface area (Å²) < 4.78 is 5.51. The Labute approximate surface area is 216 Å². The molecule has 0 amide bonds. The molecule has 0 aliphatic carbocycles. The number of ketones is 1. The van der Waals surface area contributed by atoms with Crippen molar-refractivity contribution in [3.05, 3.63) is 57.6 Å². The lowest BCUT2D eigenvalue weighted by molar-refractivity contribution is 0.0732. The summed E-state index contributed by atoms with van der Waals surface area (Å²) in [6.07, 6.45) is 5.00. The van der Waals surface area contributed by atoms with Crippen molar-refractivity contribution in [2.75, 3.05) is 0 Å². The lowest BCUT2D eigenvalue weighted by atomic mass is 10.0. The monoisotopic (exact) mass is 488 g/mol. The summed E-state index contributed by atoms with van der Waals surface area (Å²) in [6, 6.07) is 6.62. The van der Waals surface area contributed by atoms with Gasteiger partial charge in [-0.1, -0.05) is 81.1 Å². The second-order valence-corrected chi connectivity index (χ2v) is 8.67. The molecule has 0 aliphatic heterocycles. The number of ether oxygens (including phenoxy) is 1. The van der Waals surface area contributed by atoms with Gasteiger partial charge in [0.25, 0.3) is 0 Å². The number of phenols is 1. The topological polar surface area (TPSA) is 63.6 Å². The molecule has 4 nitrogen and oxygen atoms in total. The van der Waals surface area contributed by atoms with E-state index in [9.17, 15) is 14.7 Å². The summed E-state index contributed by atoms with van der Waals surface area (Å²) in [5.41, 5.74) is 3.68. The molecular formula is C31H52O4. The first-order valence-corrected chi connectivity index (χ1v) is 13.0. The van der Waals surface area contributed by atoms with Gasteiger partial charge in [-0.25, -0.2) is 4.79 Å². The number of aromatic hydroxyl groups is 1. The standard InChI is InChI=1S/C19H20O4.4C3H8/c1-10-6-16(7-11(2)17(10)21)19(22)23-18-12(3)8-15(14(5)20)9-13(18)4;4*1-3-2/h6-9,21H,1-5H3;4*3H2,1-2H3. The van der Waals surface area contributed by atoms with Crippen LogP contribution in [0, 0.1) is 27.7 Å². The zero-order valence-electron chi connectivity index (χ0n) is 24.8. The number of aryl methyl sites for hydroxylation is 4. The van der Waals surface area contributed by atoms with Crippen LogP contribution in [0.15, 0.2) is 24.3 Å². The van der Waals surface area contributed by atoms with Crippen LogP contribution in [0.25, 0.3) is 0 Å². The van der Waals surface area contributed by atoms with Crippen molar-refractivity contribution >= 4 is 11.8 Å². The van der Waals surface area contributed by atoms with E-state index in [1.165, 1.54) is 32.6 Å². The maximum Gasteiger partial charge on any atom is 0.343 e. The van der Waals surface area contributed by atoms with Crippen LogP contribution >= 0.6 is 0 Å². The molecule has 2 rings (SSSR count). The number of rotatable bonds is 3. The van der Waals surface area contributed by atoms with E-state index in [-0.39, 0.29) is 11.5 Å². The van der Waals surface area contributed by atoms with Crippen molar-refractivity contribution in [1.82, 2.24) is 0 Å². The molecule has 1 N–H and O–H groups in total. The fraction of sp³-hybridized carbons (Fsp3) is 0.548. The van der Waals surface area contributed by atoms with Crippen molar-refractivity contribution in [1.29, 1.82) is 0 Å². The van der Waals surface area contributed by atoms with Crippen LogP contribution in [0.1, 0.15) is 131 Å². The second-order valence-electron chi connectivity index (χ2n) is 8.67. The first kappa shape index (κ1) is 36.9. The highest BCUT2D eigenvalue weighted by Gasteiger charge is 2.16. The summed E-state index contributed by atoms with van der Waals surface area (Å²) in [5, 5.41) is 9.79. The van der Waals surface area contributed by atoms with Gasteiger partial charge < -0.3 is 9.84 Å². The van der Waals surface area contributed by atoms with Gasteiger partial charge in [-0.2, -0.15) is 0 Å². The molecule has 0 saturated heterocycles. The van der Waals surface area contributed by atoms with Crippen molar-refractivity contribution in [3.63, 3.8) is 0 Å². The first-order valence-electron chi connectivity index (χ1n) is 13.0. The van der Waals surface area contributed by atoms with Crippen LogP contribution in [0.4, 0.5) is 0 Å². The molecule has 0 saturated carbocycles. The Morgan fingerprint density at radius 3 is 1.20 bits per heavy atom. The molecule has 200 valence electrons. The molecule has 0 bridgehead atoms. The van der Waals surface area contributed by atoms with Gasteiger partial charge in [0, 0.05) is 5.56 Å². The van der Waals surface area contributed by atoms with Gasteiger partial charge in [0.2, 0.25) is 0 Å². The number of hydrogen-bond donors (Lipinski definition) is 1. The van der Waals surface area contributed by atoms with Crippen molar-refractivity contribution in [3.8, 4) is 11.5 Å². The Bertz CT molecular complexity index is 812. The van der Waals surface area contributed by atoms with Crippen molar-refractivity contribution < 1.29 is 19.4 Å². The molecule has 0 spiro atoms. The number of hydrogen-bond acceptors (Lipinski definition) is 4. The van der Waals surface area contributed by atoms with Crippen LogP contribution < -0.4 is 4.74 Å². The predicted octanol–water partition coefficient (Wildman–Crippen LogP) is 9.71. The zero-order valence-corrected chi connectivity index (χ0v) is 24.8. The average Bonchev–Trinajstić information content (AvgIpc) is 2.76. The molecule has 0 atom stereocenters. The smallest absolute Gasteiger partial charge is 0.343 e. The van der Waals surface area contributed by atoms with Gasteiger partial charge >= 0.3 is 5.97 Å². The van der Waals surface area contributed by atoms with E-state index in [2.05, 4.69) is 55.4 Å². The van der Waals surface area contributed by atoms with Gasteiger partial charge in [-0.15, -0.1) is 0 Å². The van der Waals surface area contributed by atoms with Gasteiger partial charge in [0.05, 0.1) is 5.56 Å². The summed E-state index contributed by atoms with van der Waals surface area (Å²) in [5.74, 6) is 0.125. The summed E-state index contributed by atoms with van der Waals surface area (Å²) in [7, 11) is 0. The van der Waals surface area contributed by atoms with Gasteiger partial charge in [-0.05, 0) is 81.1 Å². The summed E-state index contributed by atoms with van der Waals surface area (Å²) in [4.78, 5) is 23.9. The predicted molar refractivity (Wildman–Crippen MR) is 152 cm³/mol. The molecule has 35 heavy (non-hydrogen) atoms. The van der Waals surface area contributed by atoms with E-state index >= 15 is 0 Å². The van der Waals surface area contributed by atoms with Crippen LogP contribution in [-0.4, -0.2) is 16.9 Å². The van der Waals surface area contributed by atoms with E-state index in [1.54, 1.807) is 52.0 Å². The van der Waals surface area contributed by atoms with Crippen LogP contribution in [0.2, 0.25) is 0 Å². The number of carbonyl (C=O) groups is 2. The van der Waals surface area contributed by atoms with Crippen LogP contribution in [-0.2, 0) is 0 Å². The molecule has 0 fully saturated rings. The van der Waals surface area contributed by atoms with Crippen LogP contribution in [0.3, 0.4) is 0 Å². The second kappa shape index (κ2) is 21.9. The number of carbonyl (C=O) groups excluding carboxylic acids is 2. The van der Waals surface area contributed by atoms with E-state index in [4.69, 9.17) is 4.74 Å². The average molecular weight is 489 g/mol. The Hall–Kier alpha value is -2.62. The highest BCUT2D eigenvalue weighted by Crippen LogP contribution is 2.28. The third-order valence-corrected chi connectivity index (χ3v) is 3.79.